The Bertz CT molecular complexity index is 518. The number of aromatic nitrogens is 2. The predicted molar refractivity (Wildman–Crippen MR) is 79.0 cm³/mol. The third-order valence-electron chi connectivity index (χ3n) is 3.78. The van der Waals surface area contributed by atoms with Crippen LogP contribution in [0.4, 0.5) is 0 Å². The van der Waals surface area contributed by atoms with E-state index < -0.39 is 0 Å². The predicted octanol–water partition coefficient (Wildman–Crippen LogP) is 2.43. The Morgan fingerprint density at radius 2 is 2.20 bits per heavy atom. The van der Waals surface area contributed by atoms with E-state index in [1.807, 2.05) is 42.9 Å². The van der Waals surface area contributed by atoms with Gasteiger partial charge >= 0.3 is 0 Å². The van der Waals surface area contributed by atoms with Crippen molar-refractivity contribution in [1.29, 1.82) is 0 Å². The summed E-state index contributed by atoms with van der Waals surface area (Å²) in [5.74, 6) is 1.56. The van der Waals surface area contributed by atoms with E-state index in [9.17, 15) is 0 Å². The van der Waals surface area contributed by atoms with E-state index in [-0.39, 0.29) is 0 Å². The highest BCUT2D eigenvalue weighted by Crippen LogP contribution is 2.22. The van der Waals surface area contributed by atoms with Gasteiger partial charge in [0.25, 0.3) is 0 Å². The van der Waals surface area contributed by atoms with Crippen molar-refractivity contribution in [2.45, 2.75) is 25.3 Å². The minimum atomic E-state index is 0.618. The fourth-order valence-electron chi connectivity index (χ4n) is 2.71. The fraction of sp³-hybridized carbons (Fsp3) is 0.438. The Hall–Kier alpha value is -1.81. The van der Waals surface area contributed by atoms with E-state index in [2.05, 4.69) is 14.9 Å². The van der Waals surface area contributed by atoms with Crippen LogP contribution in [0.2, 0.25) is 0 Å². The molecule has 2 heterocycles. The maximum absolute atomic E-state index is 5.72. The van der Waals surface area contributed by atoms with E-state index in [0.29, 0.717) is 5.92 Å². The monoisotopic (exact) mass is 271 g/mol. The summed E-state index contributed by atoms with van der Waals surface area (Å²) in [6.45, 7) is 3.91. The number of nitrogens with zero attached hydrogens (tertiary/aromatic N) is 2. The zero-order valence-corrected chi connectivity index (χ0v) is 11.7. The van der Waals surface area contributed by atoms with Gasteiger partial charge in [0.05, 0.1) is 12.9 Å². The number of nitrogens with one attached hydrogen (secondary N) is 1. The molecule has 1 atom stereocenters. The van der Waals surface area contributed by atoms with E-state index in [1.165, 1.54) is 12.1 Å². The maximum atomic E-state index is 5.72. The standard InChI is InChI=1S/C16H21N3O/c1-2-5-15(6-3-1)20-10-4-9-19-13-18-12-16(19)14-7-8-17-11-14/h1-3,5-6,12-14,17H,4,7-11H2. The molecule has 1 N–H and O–H groups in total. The molecule has 1 aliphatic rings. The molecule has 2 aromatic rings. The van der Waals surface area contributed by atoms with Crippen molar-refractivity contribution in [2.24, 2.45) is 0 Å². The van der Waals surface area contributed by atoms with Gasteiger partial charge in [0.15, 0.2) is 0 Å². The topological polar surface area (TPSA) is 39.1 Å². The minimum Gasteiger partial charge on any atom is -0.494 e. The Labute approximate surface area is 119 Å². The highest BCUT2D eigenvalue weighted by atomic mass is 16.5. The molecule has 0 amide bonds. The van der Waals surface area contributed by atoms with Crippen molar-refractivity contribution in [1.82, 2.24) is 14.9 Å². The van der Waals surface area contributed by atoms with Gasteiger partial charge in [0.1, 0.15) is 5.75 Å². The normalized spacial score (nSPS) is 18.3. The Morgan fingerprint density at radius 1 is 1.30 bits per heavy atom. The molecule has 0 radical (unpaired) electrons. The number of para-hydroxylation sites is 1. The number of imidazole rings is 1. The van der Waals surface area contributed by atoms with E-state index in [4.69, 9.17) is 4.74 Å². The highest BCUT2D eigenvalue weighted by Gasteiger charge is 2.19. The quantitative estimate of drug-likeness (QED) is 0.820. The molecule has 0 bridgehead atoms. The van der Waals surface area contributed by atoms with Crippen LogP contribution in [-0.2, 0) is 6.54 Å². The summed E-state index contributed by atoms with van der Waals surface area (Å²) in [4.78, 5) is 4.30. The molecule has 0 saturated carbocycles. The molecule has 1 fully saturated rings. The average molecular weight is 271 g/mol. The van der Waals surface area contributed by atoms with Crippen LogP contribution in [0.5, 0.6) is 5.75 Å². The summed E-state index contributed by atoms with van der Waals surface area (Å²) in [5, 5.41) is 3.41. The lowest BCUT2D eigenvalue weighted by molar-refractivity contribution is 0.300. The summed E-state index contributed by atoms with van der Waals surface area (Å²) in [7, 11) is 0. The molecule has 0 aliphatic carbocycles. The molecule has 4 nitrogen and oxygen atoms in total. The number of aryl methyl sites for hydroxylation is 1. The van der Waals surface area contributed by atoms with Crippen LogP contribution in [0.1, 0.15) is 24.5 Å². The molecule has 1 unspecified atom stereocenters. The molecule has 4 heteroatoms. The van der Waals surface area contributed by atoms with Crippen LogP contribution in [0, 0.1) is 0 Å². The average Bonchev–Trinajstić information content (AvgIpc) is 3.15. The highest BCUT2D eigenvalue weighted by molar-refractivity contribution is 5.20. The largest absolute Gasteiger partial charge is 0.494 e. The van der Waals surface area contributed by atoms with Gasteiger partial charge in [-0.1, -0.05) is 18.2 Å². The van der Waals surface area contributed by atoms with Gasteiger partial charge in [-0.05, 0) is 31.5 Å². The van der Waals surface area contributed by atoms with Crippen molar-refractivity contribution in [3.8, 4) is 5.75 Å². The van der Waals surface area contributed by atoms with Crippen LogP contribution in [0.3, 0.4) is 0 Å². The SMILES string of the molecule is c1ccc(OCCCn2cncc2C2CCNC2)cc1. The van der Waals surface area contributed by atoms with Gasteiger partial charge in [-0.15, -0.1) is 0 Å². The molecule has 1 aromatic heterocycles. The molecule has 0 spiro atoms. The van der Waals surface area contributed by atoms with Crippen molar-refractivity contribution >= 4 is 0 Å². The zero-order chi connectivity index (χ0) is 13.6. The van der Waals surface area contributed by atoms with Gasteiger partial charge in [-0.25, -0.2) is 4.98 Å². The van der Waals surface area contributed by atoms with Crippen molar-refractivity contribution in [2.75, 3.05) is 19.7 Å². The van der Waals surface area contributed by atoms with Crippen LogP contribution in [-0.4, -0.2) is 29.2 Å². The Morgan fingerprint density at radius 3 is 3.00 bits per heavy atom. The van der Waals surface area contributed by atoms with Gasteiger partial charge in [-0.2, -0.15) is 0 Å². The smallest absolute Gasteiger partial charge is 0.119 e. The molecule has 1 saturated heterocycles. The lowest BCUT2D eigenvalue weighted by atomic mass is 10.1. The van der Waals surface area contributed by atoms with Crippen molar-refractivity contribution in [3.63, 3.8) is 0 Å². The summed E-state index contributed by atoms with van der Waals surface area (Å²) in [6, 6.07) is 9.98. The number of benzene rings is 1. The molecular weight excluding hydrogens is 250 g/mol. The minimum absolute atomic E-state index is 0.618. The van der Waals surface area contributed by atoms with Crippen LogP contribution in [0.15, 0.2) is 42.9 Å². The third-order valence-corrected chi connectivity index (χ3v) is 3.78. The lowest BCUT2D eigenvalue weighted by Gasteiger charge is -2.13. The van der Waals surface area contributed by atoms with Gasteiger partial charge in [0.2, 0.25) is 0 Å². The van der Waals surface area contributed by atoms with E-state index >= 15 is 0 Å². The van der Waals surface area contributed by atoms with Crippen molar-refractivity contribution < 1.29 is 4.74 Å². The molecule has 1 aliphatic heterocycles. The number of rotatable bonds is 6. The third kappa shape index (κ3) is 3.20. The molecule has 106 valence electrons. The second kappa shape index (κ2) is 6.57. The van der Waals surface area contributed by atoms with Gasteiger partial charge < -0.3 is 14.6 Å². The second-order valence-corrected chi connectivity index (χ2v) is 5.22. The summed E-state index contributed by atoms with van der Waals surface area (Å²) >= 11 is 0. The first kappa shape index (κ1) is 13.2. The maximum Gasteiger partial charge on any atom is 0.119 e. The summed E-state index contributed by atoms with van der Waals surface area (Å²) < 4.78 is 7.99. The zero-order valence-electron chi connectivity index (χ0n) is 11.7. The Balaban J connectivity index is 1.48. The van der Waals surface area contributed by atoms with Crippen LogP contribution < -0.4 is 10.1 Å². The second-order valence-electron chi connectivity index (χ2n) is 5.22. The first-order valence-corrected chi connectivity index (χ1v) is 7.32. The van der Waals surface area contributed by atoms with Gasteiger partial charge in [0, 0.05) is 30.9 Å². The number of hydrogen-bond acceptors (Lipinski definition) is 3. The summed E-state index contributed by atoms with van der Waals surface area (Å²) in [6.07, 6.45) is 6.16. The van der Waals surface area contributed by atoms with E-state index in [0.717, 1.165) is 38.4 Å². The lowest BCUT2D eigenvalue weighted by Crippen LogP contribution is -2.12. The number of ether oxygens (including phenoxy) is 1. The molecular formula is C16H21N3O. The van der Waals surface area contributed by atoms with Crippen molar-refractivity contribution in [3.05, 3.63) is 48.5 Å². The molecule has 20 heavy (non-hydrogen) atoms. The summed E-state index contributed by atoms with van der Waals surface area (Å²) in [5.41, 5.74) is 1.36. The first-order chi connectivity index (χ1) is 9.93. The molecule has 1 aromatic carbocycles. The van der Waals surface area contributed by atoms with Crippen LogP contribution in [0.25, 0.3) is 0 Å². The first-order valence-electron chi connectivity index (χ1n) is 7.32. The van der Waals surface area contributed by atoms with Gasteiger partial charge in [-0.3, -0.25) is 0 Å². The molecule has 3 rings (SSSR count). The fourth-order valence-corrected chi connectivity index (χ4v) is 2.71. The Kier molecular flexibility index (Phi) is 4.33. The van der Waals surface area contributed by atoms with E-state index in [1.54, 1.807) is 0 Å². The number of hydrogen-bond donors (Lipinski definition) is 1. The van der Waals surface area contributed by atoms with Crippen LogP contribution >= 0.6 is 0 Å².